The SMILES string of the molecule is O=S(=O)(Nc1cccc(C2OCCCO2)c1)c1ccccc1. The van der Waals surface area contributed by atoms with Crippen LogP contribution in [0.2, 0.25) is 0 Å². The molecule has 0 aliphatic carbocycles. The number of nitrogens with one attached hydrogen (secondary N) is 1. The summed E-state index contributed by atoms with van der Waals surface area (Å²) in [6.45, 7) is 1.29. The third-order valence-electron chi connectivity index (χ3n) is 3.29. The Bertz CT molecular complexity index is 725. The molecule has 1 aliphatic heterocycles. The molecule has 0 spiro atoms. The Morgan fingerprint density at radius 3 is 2.41 bits per heavy atom. The second-order valence-electron chi connectivity index (χ2n) is 4.97. The smallest absolute Gasteiger partial charge is 0.261 e. The van der Waals surface area contributed by atoms with Crippen LogP contribution in [0, 0.1) is 0 Å². The average Bonchev–Trinajstić information content (AvgIpc) is 2.56. The molecule has 1 heterocycles. The third kappa shape index (κ3) is 3.47. The van der Waals surface area contributed by atoms with Crippen LogP contribution >= 0.6 is 0 Å². The van der Waals surface area contributed by atoms with Crippen LogP contribution in [-0.4, -0.2) is 21.6 Å². The van der Waals surface area contributed by atoms with E-state index in [-0.39, 0.29) is 4.90 Å². The normalized spacial score (nSPS) is 16.4. The largest absolute Gasteiger partial charge is 0.348 e. The Labute approximate surface area is 129 Å². The van der Waals surface area contributed by atoms with Gasteiger partial charge in [-0.3, -0.25) is 4.72 Å². The lowest BCUT2D eigenvalue weighted by molar-refractivity contribution is -0.183. The Hall–Kier alpha value is -1.89. The van der Waals surface area contributed by atoms with Gasteiger partial charge in [-0.25, -0.2) is 8.42 Å². The highest BCUT2D eigenvalue weighted by Gasteiger charge is 2.18. The van der Waals surface area contributed by atoms with Crippen molar-refractivity contribution in [3.63, 3.8) is 0 Å². The fourth-order valence-electron chi connectivity index (χ4n) is 2.24. The minimum atomic E-state index is -3.59. The van der Waals surface area contributed by atoms with E-state index in [2.05, 4.69) is 4.72 Å². The van der Waals surface area contributed by atoms with Crippen LogP contribution in [0.1, 0.15) is 18.3 Å². The Morgan fingerprint density at radius 1 is 0.955 bits per heavy atom. The molecule has 6 heteroatoms. The first-order valence-electron chi connectivity index (χ1n) is 7.06. The molecule has 5 nitrogen and oxygen atoms in total. The van der Waals surface area contributed by atoms with Crippen molar-refractivity contribution in [2.75, 3.05) is 17.9 Å². The molecule has 1 aliphatic rings. The van der Waals surface area contributed by atoms with E-state index in [0.717, 1.165) is 12.0 Å². The minimum absolute atomic E-state index is 0.227. The van der Waals surface area contributed by atoms with E-state index in [1.807, 2.05) is 6.07 Å². The van der Waals surface area contributed by atoms with Gasteiger partial charge in [0.05, 0.1) is 18.1 Å². The summed E-state index contributed by atoms with van der Waals surface area (Å²) in [6.07, 6.45) is 0.437. The van der Waals surface area contributed by atoms with Crippen molar-refractivity contribution < 1.29 is 17.9 Å². The molecule has 0 atom stereocenters. The second kappa shape index (κ2) is 6.48. The molecule has 22 heavy (non-hydrogen) atoms. The van der Waals surface area contributed by atoms with E-state index in [1.54, 1.807) is 48.5 Å². The zero-order valence-electron chi connectivity index (χ0n) is 11.9. The molecule has 1 saturated heterocycles. The summed E-state index contributed by atoms with van der Waals surface area (Å²) in [5.41, 5.74) is 1.28. The van der Waals surface area contributed by atoms with Crippen molar-refractivity contribution in [1.29, 1.82) is 0 Å². The number of anilines is 1. The van der Waals surface area contributed by atoms with E-state index in [0.29, 0.717) is 18.9 Å². The summed E-state index contributed by atoms with van der Waals surface area (Å²) in [5.74, 6) is 0. The molecule has 0 bridgehead atoms. The van der Waals surface area contributed by atoms with Gasteiger partial charge in [0.15, 0.2) is 6.29 Å². The van der Waals surface area contributed by atoms with Gasteiger partial charge in [-0.1, -0.05) is 30.3 Å². The van der Waals surface area contributed by atoms with Crippen LogP contribution in [0.5, 0.6) is 0 Å². The van der Waals surface area contributed by atoms with Crippen molar-refractivity contribution in [3.05, 3.63) is 60.2 Å². The van der Waals surface area contributed by atoms with E-state index in [9.17, 15) is 8.42 Å². The number of benzene rings is 2. The van der Waals surface area contributed by atoms with Crippen LogP contribution in [0.3, 0.4) is 0 Å². The number of sulfonamides is 1. The van der Waals surface area contributed by atoms with Crippen molar-refractivity contribution >= 4 is 15.7 Å². The van der Waals surface area contributed by atoms with Crippen molar-refractivity contribution in [2.45, 2.75) is 17.6 Å². The van der Waals surface area contributed by atoms with Crippen LogP contribution < -0.4 is 4.72 Å². The highest BCUT2D eigenvalue weighted by molar-refractivity contribution is 7.92. The standard InChI is InChI=1S/C16H17NO4S/c18-22(19,15-8-2-1-3-9-15)17-14-7-4-6-13(12-14)16-20-10-5-11-21-16/h1-4,6-9,12,16-17H,5,10-11H2. The number of ether oxygens (including phenoxy) is 2. The van der Waals surface area contributed by atoms with Crippen molar-refractivity contribution in [2.24, 2.45) is 0 Å². The van der Waals surface area contributed by atoms with Gasteiger partial charge in [0.25, 0.3) is 10.0 Å². The van der Waals surface area contributed by atoms with Gasteiger partial charge in [0.1, 0.15) is 0 Å². The molecule has 0 aromatic heterocycles. The highest BCUT2D eigenvalue weighted by Crippen LogP contribution is 2.26. The molecule has 2 aromatic rings. The molecular formula is C16H17NO4S. The monoisotopic (exact) mass is 319 g/mol. The quantitative estimate of drug-likeness (QED) is 0.941. The lowest BCUT2D eigenvalue weighted by Crippen LogP contribution is -2.18. The van der Waals surface area contributed by atoms with Crippen LogP contribution in [0.15, 0.2) is 59.5 Å². The van der Waals surface area contributed by atoms with Crippen molar-refractivity contribution in [3.8, 4) is 0 Å². The molecule has 0 saturated carbocycles. The highest BCUT2D eigenvalue weighted by atomic mass is 32.2. The Balaban J connectivity index is 1.81. The molecule has 0 unspecified atom stereocenters. The maximum absolute atomic E-state index is 12.3. The predicted octanol–water partition coefficient (Wildman–Crippen LogP) is 2.92. The molecule has 116 valence electrons. The maximum atomic E-state index is 12.3. The predicted molar refractivity (Wildman–Crippen MR) is 83.0 cm³/mol. The van der Waals surface area contributed by atoms with E-state index < -0.39 is 16.3 Å². The summed E-state index contributed by atoms with van der Waals surface area (Å²) in [5, 5.41) is 0. The molecule has 1 N–H and O–H groups in total. The fourth-order valence-corrected chi connectivity index (χ4v) is 3.31. The van der Waals surface area contributed by atoms with Gasteiger partial charge in [-0.05, 0) is 30.7 Å². The first-order valence-corrected chi connectivity index (χ1v) is 8.54. The summed E-state index contributed by atoms with van der Waals surface area (Å²) in [6, 6.07) is 15.3. The molecular weight excluding hydrogens is 302 g/mol. The van der Waals surface area contributed by atoms with Gasteiger partial charge in [0, 0.05) is 11.3 Å². The zero-order valence-corrected chi connectivity index (χ0v) is 12.8. The van der Waals surface area contributed by atoms with Crippen LogP contribution in [0.4, 0.5) is 5.69 Å². The molecule has 3 rings (SSSR count). The third-order valence-corrected chi connectivity index (χ3v) is 4.69. The minimum Gasteiger partial charge on any atom is -0.348 e. The fraction of sp³-hybridized carbons (Fsp3) is 0.250. The first-order chi connectivity index (χ1) is 10.6. The average molecular weight is 319 g/mol. The first kappa shape index (κ1) is 15.0. The van der Waals surface area contributed by atoms with Gasteiger partial charge in [-0.2, -0.15) is 0 Å². The molecule has 0 radical (unpaired) electrons. The molecule has 2 aromatic carbocycles. The Morgan fingerprint density at radius 2 is 1.68 bits per heavy atom. The van der Waals surface area contributed by atoms with Gasteiger partial charge >= 0.3 is 0 Å². The summed E-state index contributed by atoms with van der Waals surface area (Å²) < 4.78 is 38.3. The summed E-state index contributed by atoms with van der Waals surface area (Å²) in [4.78, 5) is 0.227. The lowest BCUT2D eigenvalue weighted by Gasteiger charge is -2.23. The number of hydrogen-bond acceptors (Lipinski definition) is 4. The number of rotatable bonds is 4. The maximum Gasteiger partial charge on any atom is 0.261 e. The Kier molecular flexibility index (Phi) is 4.42. The molecule has 0 amide bonds. The van der Waals surface area contributed by atoms with Gasteiger partial charge in [-0.15, -0.1) is 0 Å². The van der Waals surface area contributed by atoms with E-state index in [4.69, 9.17) is 9.47 Å². The van der Waals surface area contributed by atoms with Crippen LogP contribution in [-0.2, 0) is 19.5 Å². The summed E-state index contributed by atoms with van der Waals surface area (Å²) >= 11 is 0. The molecule has 1 fully saturated rings. The van der Waals surface area contributed by atoms with Gasteiger partial charge < -0.3 is 9.47 Å². The van der Waals surface area contributed by atoms with Gasteiger partial charge in [0.2, 0.25) is 0 Å². The zero-order chi connectivity index (χ0) is 15.4. The summed E-state index contributed by atoms with van der Waals surface area (Å²) in [7, 11) is -3.59. The van der Waals surface area contributed by atoms with Crippen molar-refractivity contribution in [1.82, 2.24) is 0 Å². The number of hydrogen-bond donors (Lipinski definition) is 1. The van der Waals surface area contributed by atoms with E-state index >= 15 is 0 Å². The lowest BCUT2D eigenvalue weighted by atomic mass is 10.2. The van der Waals surface area contributed by atoms with Crippen LogP contribution in [0.25, 0.3) is 0 Å². The topological polar surface area (TPSA) is 64.6 Å². The van der Waals surface area contributed by atoms with E-state index in [1.165, 1.54) is 0 Å². The second-order valence-corrected chi connectivity index (χ2v) is 6.65.